The maximum absolute atomic E-state index is 12.9. The number of aryl methyl sites for hydroxylation is 2. The molecule has 0 spiro atoms. The molecule has 39 heavy (non-hydrogen) atoms. The predicted molar refractivity (Wildman–Crippen MR) is 154 cm³/mol. The lowest BCUT2D eigenvalue weighted by molar-refractivity contribution is -0.123. The normalized spacial score (nSPS) is 13.0. The van der Waals surface area contributed by atoms with Gasteiger partial charge < -0.3 is 4.18 Å². The Balaban J connectivity index is 1.78. The van der Waals surface area contributed by atoms with Crippen molar-refractivity contribution in [3.05, 3.63) is 87.9 Å². The van der Waals surface area contributed by atoms with Gasteiger partial charge in [-0.3, -0.25) is 4.79 Å². The van der Waals surface area contributed by atoms with Gasteiger partial charge in [-0.1, -0.05) is 65.2 Å². The fourth-order valence-electron chi connectivity index (χ4n) is 3.46. The van der Waals surface area contributed by atoms with Crippen molar-refractivity contribution in [1.82, 2.24) is 10.1 Å². The Morgan fingerprint density at radius 2 is 1.49 bits per heavy atom. The zero-order valence-electron chi connectivity index (χ0n) is 21.9. The van der Waals surface area contributed by atoms with E-state index in [-0.39, 0.29) is 33.4 Å². The third kappa shape index (κ3) is 8.72. The maximum Gasteiger partial charge on any atom is 0.339 e. The molecule has 0 aliphatic carbocycles. The Bertz CT molecular complexity index is 1550. The summed E-state index contributed by atoms with van der Waals surface area (Å²) < 4.78 is 59.7. The number of benzene rings is 3. The predicted octanol–water partition coefficient (Wildman–Crippen LogP) is 4.68. The van der Waals surface area contributed by atoms with Gasteiger partial charge in [-0.05, 0) is 68.7 Å². The molecule has 0 unspecified atom stereocenters. The molecule has 12 heteroatoms. The molecular weight excluding hydrogens is 606 g/mol. The van der Waals surface area contributed by atoms with Gasteiger partial charge in [-0.25, -0.2) is 13.8 Å². The van der Waals surface area contributed by atoms with E-state index in [9.17, 15) is 21.6 Å². The number of nitrogens with zero attached hydrogens (tertiary/aromatic N) is 1. The number of carbonyl (C=O) groups is 1. The van der Waals surface area contributed by atoms with Gasteiger partial charge in [0.1, 0.15) is 10.9 Å². The molecule has 0 aliphatic heterocycles. The molecule has 2 N–H and O–H groups in total. The Kier molecular flexibility index (Phi) is 10.1. The van der Waals surface area contributed by atoms with E-state index >= 15 is 0 Å². The number of sulfonamides is 1. The zero-order chi connectivity index (χ0) is 28.8. The van der Waals surface area contributed by atoms with Crippen LogP contribution in [0.1, 0.15) is 37.0 Å². The fraction of sp³-hybridized carbons (Fsp3) is 0.259. The van der Waals surface area contributed by atoms with Crippen molar-refractivity contribution in [2.24, 2.45) is 11.0 Å². The van der Waals surface area contributed by atoms with Crippen LogP contribution in [0, 0.1) is 19.8 Å². The molecular formula is C27H30BrN3O6S2. The first-order valence-electron chi connectivity index (χ1n) is 12.0. The summed E-state index contributed by atoms with van der Waals surface area (Å²) in [5.74, 6) is -0.668. The molecule has 1 amide bonds. The van der Waals surface area contributed by atoms with Crippen LogP contribution in [0.3, 0.4) is 0 Å². The molecule has 0 saturated heterocycles. The molecule has 0 aliphatic rings. The highest BCUT2D eigenvalue weighted by molar-refractivity contribution is 9.10. The highest BCUT2D eigenvalue weighted by atomic mass is 79.9. The number of amides is 1. The first-order valence-corrected chi connectivity index (χ1v) is 15.7. The van der Waals surface area contributed by atoms with Gasteiger partial charge in [-0.15, -0.1) is 0 Å². The van der Waals surface area contributed by atoms with Crippen molar-refractivity contribution in [2.75, 3.05) is 0 Å². The van der Waals surface area contributed by atoms with Crippen molar-refractivity contribution < 1.29 is 25.8 Å². The number of hydrazone groups is 1. The zero-order valence-corrected chi connectivity index (χ0v) is 25.1. The number of nitrogens with one attached hydrogen (secondary N) is 2. The minimum atomic E-state index is -4.12. The molecule has 208 valence electrons. The number of hydrogen-bond acceptors (Lipinski definition) is 7. The standard InChI is InChI=1S/C27H30BrN3O6S2/c1-18(2)15-25(31-38(33,34)23-10-5-19(3)6-11-23)27(32)30-29-17-21-16-22(28)9-14-26(21)37-39(35,36)24-12-7-20(4)8-13-24/h5-14,16-18,25,31H,15H2,1-4H3,(H,30,32)/b29-17-/t25-/m0/s1. The summed E-state index contributed by atoms with van der Waals surface area (Å²) in [4.78, 5) is 13.0. The second kappa shape index (κ2) is 12.9. The van der Waals surface area contributed by atoms with E-state index in [0.717, 1.165) is 11.1 Å². The minimum absolute atomic E-state index is 0.00232. The lowest BCUT2D eigenvalue weighted by atomic mass is 10.0. The Morgan fingerprint density at radius 3 is 2.05 bits per heavy atom. The second-order valence-electron chi connectivity index (χ2n) is 9.38. The number of hydrogen-bond donors (Lipinski definition) is 2. The quantitative estimate of drug-likeness (QED) is 0.179. The van der Waals surface area contributed by atoms with Crippen LogP contribution in [-0.2, 0) is 24.9 Å². The van der Waals surface area contributed by atoms with Gasteiger partial charge in [0.15, 0.2) is 5.75 Å². The number of rotatable bonds is 11. The highest BCUT2D eigenvalue weighted by Crippen LogP contribution is 2.25. The van der Waals surface area contributed by atoms with Gasteiger partial charge in [0.25, 0.3) is 5.91 Å². The Hall–Kier alpha value is -3.06. The Morgan fingerprint density at radius 1 is 0.923 bits per heavy atom. The third-order valence-corrected chi connectivity index (χ3v) is 8.74. The first kappa shape index (κ1) is 30.5. The number of carbonyl (C=O) groups excluding carboxylic acids is 1. The average molecular weight is 637 g/mol. The molecule has 9 nitrogen and oxygen atoms in total. The SMILES string of the molecule is Cc1ccc(S(=O)(=O)N[C@@H](CC(C)C)C(=O)N/N=C\c2cc(Br)ccc2OS(=O)(=O)c2ccc(C)cc2)cc1. The van der Waals surface area contributed by atoms with E-state index in [1.165, 1.54) is 36.5 Å². The van der Waals surface area contributed by atoms with Crippen LogP contribution >= 0.6 is 15.9 Å². The van der Waals surface area contributed by atoms with Gasteiger partial charge in [0, 0.05) is 10.0 Å². The summed E-state index contributed by atoms with van der Waals surface area (Å²) >= 11 is 3.33. The van der Waals surface area contributed by atoms with Crippen LogP contribution in [0.15, 0.2) is 86.1 Å². The molecule has 0 saturated carbocycles. The minimum Gasteiger partial charge on any atom is -0.378 e. The van der Waals surface area contributed by atoms with Crippen molar-refractivity contribution in [2.45, 2.75) is 49.9 Å². The molecule has 0 fully saturated rings. The fourth-order valence-corrected chi connectivity index (χ4v) is 6.00. The first-order chi connectivity index (χ1) is 18.3. The van der Waals surface area contributed by atoms with Crippen molar-refractivity contribution in [3.63, 3.8) is 0 Å². The van der Waals surface area contributed by atoms with Crippen LogP contribution in [0.2, 0.25) is 0 Å². The smallest absolute Gasteiger partial charge is 0.339 e. The van der Waals surface area contributed by atoms with E-state index in [4.69, 9.17) is 4.18 Å². The molecule has 1 atom stereocenters. The summed E-state index contributed by atoms with van der Waals surface area (Å²) in [6.45, 7) is 7.41. The summed E-state index contributed by atoms with van der Waals surface area (Å²) in [5, 5.41) is 3.95. The molecule has 0 radical (unpaired) electrons. The van der Waals surface area contributed by atoms with Crippen LogP contribution in [-0.4, -0.2) is 35.0 Å². The monoisotopic (exact) mass is 635 g/mol. The van der Waals surface area contributed by atoms with Gasteiger partial charge in [0.2, 0.25) is 10.0 Å². The average Bonchev–Trinajstić information content (AvgIpc) is 2.85. The number of halogens is 1. The van der Waals surface area contributed by atoms with Crippen LogP contribution in [0.25, 0.3) is 0 Å². The van der Waals surface area contributed by atoms with Crippen LogP contribution < -0.4 is 14.3 Å². The van der Waals surface area contributed by atoms with Crippen LogP contribution in [0.4, 0.5) is 0 Å². The van der Waals surface area contributed by atoms with Crippen molar-refractivity contribution in [3.8, 4) is 5.75 Å². The molecule has 3 rings (SSSR count). The maximum atomic E-state index is 12.9. The van der Waals surface area contributed by atoms with Crippen molar-refractivity contribution in [1.29, 1.82) is 0 Å². The largest absolute Gasteiger partial charge is 0.378 e. The third-order valence-electron chi connectivity index (χ3n) is 5.51. The van der Waals surface area contributed by atoms with Crippen LogP contribution in [0.5, 0.6) is 5.75 Å². The summed E-state index contributed by atoms with van der Waals surface area (Å²) in [7, 11) is -8.09. The highest BCUT2D eigenvalue weighted by Gasteiger charge is 2.26. The van der Waals surface area contributed by atoms with E-state index in [1.807, 2.05) is 27.7 Å². The Labute approximate surface area is 238 Å². The van der Waals surface area contributed by atoms with E-state index in [1.54, 1.807) is 36.4 Å². The molecule has 0 aromatic heterocycles. The summed E-state index contributed by atoms with van der Waals surface area (Å²) in [6, 6.07) is 16.1. The molecule has 3 aromatic rings. The lowest BCUT2D eigenvalue weighted by Gasteiger charge is -2.19. The van der Waals surface area contributed by atoms with E-state index in [2.05, 4.69) is 31.2 Å². The second-order valence-corrected chi connectivity index (χ2v) is 13.6. The van der Waals surface area contributed by atoms with E-state index < -0.39 is 32.1 Å². The lowest BCUT2D eigenvalue weighted by Crippen LogP contribution is -2.46. The van der Waals surface area contributed by atoms with Gasteiger partial charge in [0.05, 0.1) is 11.1 Å². The van der Waals surface area contributed by atoms with Gasteiger partial charge >= 0.3 is 10.1 Å². The molecule has 0 bridgehead atoms. The summed E-state index contributed by atoms with van der Waals surface area (Å²) in [6.07, 6.45) is 1.45. The van der Waals surface area contributed by atoms with Crippen molar-refractivity contribution >= 4 is 48.2 Å². The topological polar surface area (TPSA) is 131 Å². The van der Waals surface area contributed by atoms with E-state index in [0.29, 0.717) is 4.47 Å². The molecule has 3 aromatic carbocycles. The summed E-state index contributed by atoms with van der Waals surface area (Å²) in [5.41, 5.74) is 4.42. The molecule has 0 heterocycles. The van der Waals surface area contributed by atoms with Gasteiger partial charge in [-0.2, -0.15) is 18.2 Å².